The third-order valence-corrected chi connectivity index (χ3v) is 6.90. The van der Waals surface area contributed by atoms with E-state index in [0.717, 1.165) is 61.8 Å². The fourth-order valence-electron chi connectivity index (χ4n) is 4.09. The van der Waals surface area contributed by atoms with E-state index in [0.29, 0.717) is 0 Å². The quantitative estimate of drug-likeness (QED) is 0.700. The first-order valence-electron chi connectivity index (χ1n) is 10.8. The Hall–Kier alpha value is -1.89. The lowest BCUT2D eigenvalue weighted by Gasteiger charge is -2.28. The molecule has 2 fully saturated rings. The zero-order valence-corrected chi connectivity index (χ0v) is 17.9. The van der Waals surface area contributed by atoms with Crippen LogP contribution in [0.1, 0.15) is 35.4 Å². The number of anilines is 1. The van der Waals surface area contributed by atoms with Crippen molar-refractivity contribution in [1.82, 2.24) is 10.2 Å². The molecule has 0 spiro atoms. The number of amides is 1. The van der Waals surface area contributed by atoms with Gasteiger partial charge < -0.3 is 19.9 Å². The number of benzene rings is 1. The highest BCUT2D eigenvalue weighted by Gasteiger charge is 2.21. The van der Waals surface area contributed by atoms with Crippen molar-refractivity contribution in [2.75, 3.05) is 57.4 Å². The summed E-state index contributed by atoms with van der Waals surface area (Å²) in [6.45, 7) is 7.47. The van der Waals surface area contributed by atoms with Gasteiger partial charge in [0, 0.05) is 25.2 Å². The van der Waals surface area contributed by atoms with E-state index in [-0.39, 0.29) is 5.91 Å². The van der Waals surface area contributed by atoms with Crippen molar-refractivity contribution < 1.29 is 9.53 Å². The molecular formula is C23H31N3O2S. The number of carbonyl (C=O) groups is 1. The summed E-state index contributed by atoms with van der Waals surface area (Å²) in [6.07, 6.45) is 5.00. The van der Waals surface area contributed by atoms with E-state index in [9.17, 15) is 4.79 Å². The van der Waals surface area contributed by atoms with Crippen LogP contribution in [0.15, 0.2) is 36.4 Å². The highest BCUT2D eigenvalue weighted by atomic mass is 32.1. The lowest BCUT2D eigenvalue weighted by Crippen LogP contribution is -2.35. The molecule has 1 aromatic heterocycles. The molecule has 0 aliphatic carbocycles. The highest BCUT2D eigenvalue weighted by Crippen LogP contribution is 2.39. The van der Waals surface area contributed by atoms with Crippen LogP contribution in [0.4, 0.5) is 5.00 Å². The minimum atomic E-state index is 0.0466. The number of hydrogen-bond acceptors (Lipinski definition) is 5. The minimum Gasteiger partial charge on any atom is -0.378 e. The minimum absolute atomic E-state index is 0.0466. The van der Waals surface area contributed by atoms with Crippen molar-refractivity contribution in [3.63, 3.8) is 0 Å². The number of thiophene rings is 1. The van der Waals surface area contributed by atoms with Crippen molar-refractivity contribution in [2.24, 2.45) is 0 Å². The number of carbonyl (C=O) groups excluding carboxylic acids is 1. The lowest BCUT2D eigenvalue weighted by molar-refractivity contribution is 0.0955. The smallest absolute Gasteiger partial charge is 0.261 e. The molecule has 1 aromatic carbocycles. The van der Waals surface area contributed by atoms with Crippen LogP contribution in [0.25, 0.3) is 11.1 Å². The monoisotopic (exact) mass is 413 g/mol. The Kier molecular flexibility index (Phi) is 7.19. The number of morpholine rings is 1. The molecule has 0 saturated carbocycles. The predicted octanol–water partition coefficient (Wildman–Crippen LogP) is 3.86. The number of piperidine rings is 1. The van der Waals surface area contributed by atoms with E-state index in [1.807, 2.05) is 6.07 Å². The molecule has 0 bridgehead atoms. The van der Waals surface area contributed by atoms with Crippen LogP contribution in [0, 0.1) is 0 Å². The summed E-state index contributed by atoms with van der Waals surface area (Å²) in [5.74, 6) is 0.0466. The van der Waals surface area contributed by atoms with Crippen LogP contribution >= 0.6 is 11.3 Å². The SMILES string of the molecule is O=C(NCCCN1CCCCC1)c1cc(-c2ccccc2)c(N2CCOCC2)s1. The zero-order chi connectivity index (χ0) is 19.9. The first kappa shape index (κ1) is 20.4. The second-order valence-electron chi connectivity index (χ2n) is 7.81. The van der Waals surface area contributed by atoms with Gasteiger partial charge in [-0.1, -0.05) is 36.8 Å². The van der Waals surface area contributed by atoms with Crippen molar-refractivity contribution in [2.45, 2.75) is 25.7 Å². The van der Waals surface area contributed by atoms with Crippen molar-refractivity contribution in [1.29, 1.82) is 0 Å². The molecule has 156 valence electrons. The van der Waals surface area contributed by atoms with E-state index >= 15 is 0 Å². The van der Waals surface area contributed by atoms with Crippen molar-refractivity contribution in [3.05, 3.63) is 41.3 Å². The molecule has 2 aliphatic heterocycles. The number of ether oxygens (including phenoxy) is 1. The molecule has 0 unspecified atom stereocenters. The van der Waals surface area contributed by atoms with E-state index < -0.39 is 0 Å². The Morgan fingerprint density at radius 3 is 2.55 bits per heavy atom. The van der Waals surface area contributed by atoms with Crippen molar-refractivity contribution in [3.8, 4) is 11.1 Å². The summed E-state index contributed by atoms with van der Waals surface area (Å²) in [5.41, 5.74) is 2.31. The fourth-order valence-corrected chi connectivity index (χ4v) is 5.24. The maximum atomic E-state index is 12.8. The second-order valence-corrected chi connectivity index (χ2v) is 8.84. The van der Waals surface area contributed by atoms with Gasteiger partial charge >= 0.3 is 0 Å². The molecule has 6 heteroatoms. The van der Waals surface area contributed by atoms with Crippen molar-refractivity contribution >= 4 is 22.2 Å². The lowest BCUT2D eigenvalue weighted by atomic mass is 10.1. The van der Waals surface area contributed by atoms with Gasteiger partial charge in [-0.2, -0.15) is 0 Å². The highest BCUT2D eigenvalue weighted by molar-refractivity contribution is 7.18. The van der Waals surface area contributed by atoms with Gasteiger partial charge in [-0.15, -0.1) is 11.3 Å². The van der Waals surface area contributed by atoms with Gasteiger partial charge in [0.2, 0.25) is 0 Å². The number of nitrogens with one attached hydrogen (secondary N) is 1. The Morgan fingerprint density at radius 1 is 1.03 bits per heavy atom. The van der Waals surface area contributed by atoms with Gasteiger partial charge in [-0.3, -0.25) is 4.79 Å². The summed E-state index contributed by atoms with van der Waals surface area (Å²) >= 11 is 1.60. The van der Waals surface area contributed by atoms with Crippen LogP contribution in [0.3, 0.4) is 0 Å². The molecule has 29 heavy (non-hydrogen) atoms. The molecule has 2 aliphatic rings. The zero-order valence-electron chi connectivity index (χ0n) is 17.1. The predicted molar refractivity (Wildman–Crippen MR) is 120 cm³/mol. The number of rotatable bonds is 7. The molecule has 2 saturated heterocycles. The summed E-state index contributed by atoms with van der Waals surface area (Å²) in [5, 5.41) is 4.31. The average molecular weight is 414 g/mol. The van der Waals surface area contributed by atoms with Gasteiger partial charge in [0.15, 0.2) is 0 Å². The third kappa shape index (κ3) is 5.38. The summed E-state index contributed by atoms with van der Waals surface area (Å²) in [4.78, 5) is 18.5. The van der Waals surface area contributed by atoms with Crippen LogP contribution in [-0.4, -0.2) is 63.3 Å². The molecule has 2 aromatic rings. The maximum absolute atomic E-state index is 12.8. The topological polar surface area (TPSA) is 44.8 Å². The summed E-state index contributed by atoms with van der Waals surface area (Å²) < 4.78 is 5.52. The van der Waals surface area contributed by atoms with E-state index in [4.69, 9.17) is 4.74 Å². The molecule has 0 radical (unpaired) electrons. The standard InChI is InChI=1S/C23H31N3O2S/c27-22(24-10-7-13-25-11-5-2-6-12-25)21-18-20(19-8-3-1-4-9-19)23(29-21)26-14-16-28-17-15-26/h1,3-4,8-9,18H,2,5-7,10-17H2,(H,24,27). The van der Waals surface area contributed by atoms with Gasteiger partial charge in [-0.25, -0.2) is 0 Å². The van der Waals surface area contributed by atoms with Gasteiger partial charge in [0.1, 0.15) is 0 Å². The Labute approximate surface area is 177 Å². The first-order valence-corrected chi connectivity index (χ1v) is 11.7. The summed E-state index contributed by atoms with van der Waals surface area (Å²) in [6, 6.07) is 12.4. The number of nitrogens with zero attached hydrogens (tertiary/aromatic N) is 2. The average Bonchev–Trinajstić information content (AvgIpc) is 3.24. The first-order chi connectivity index (χ1) is 14.3. The van der Waals surface area contributed by atoms with E-state index in [2.05, 4.69) is 45.4 Å². The van der Waals surface area contributed by atoms with Crippen LogP contribution < -0.4 is 10.2 Å². The van der Waals surface area contributed by atoms with E-state index in [1.165, 1.54) is 37.4 Å². The van der Waals surface area contributed by atoms with Gasteiger partial charge in [-0.05, 0) is 50.5 Å². The normalized spacial score (nSPS) is 18.0. The molecule has 1 N–H and O–H groups in total. The van der Waals surface area contributed by atoms with Gasteiger partial charge in [0.25, 0.3) is 5.91 Å². The fraction of sp³-hybridized carbons (Fsp3) is 0.522. The van der Waals surface area contributed by atoms with E-state index in [1.54, 1.807) is 11.3 Å². The molecule has 1 amide bonds. The molecular weight excluding hydrogens is 382 g/mol. The third-order valence-electron chi connectivity index (χ3n) is 5.70. The molecule has 5 nitrogen and oxygen atoms in total. The number of likely N-dealkylation sites (tertiary alicyclic amines) is 1. The molecule has 4 rings (SSSR count). The Balaban J connectivity index is 1.41. The van der Waals surface area contributed by atoms with Crippen LogP contribution in [0.2, 0.25) is 0 Å². The van der Waals surface area contributed by atoms with Crippen LogP contribution in [0.5, 0.6) is 0 Å². The number of hydrogen-bond donors (Lipinski definition) is 1. The van der Waals surface area contributed by atoms with Crippen LogP contribution in [-0.2, 0) is 4.74 Å². The summed E-state index contributed by atoms with van der Waals surface area (Å²) in [7, 11) is 0. The molecule has 3 heterocycles. The Morgan fingerprint density at radius 2 is 1.79 bits per heavy atom. The second kappa shape index (κ2) is 10.2. The largest absolute Gasteiger partial charge is 0.378 e. The maximum Gasteiger partial charge on any atom is 0.261 e. The Bertz CT molecular complexity index is 781. The molecule has 0 atom stereocenters. The van der Waals surface area contributed by atoms with Gasteiger partial charge in [0.05, 0.1) is 23.1 Å².